The first kappa shape index (κ1) is 20.7. The van der Waals surface area contributed by atoms with Crippen LogP contribution in [-0.4, -0.2) is 21.8 Å². The van der Waals surface area contributed by atoms with E-state index in [1.807, 2.05) is 36.4 Å². The van der Waals surface area contributed by atoms with E-state index in [0.717, 1.165) is 0 Å². The van der Waals surface area contributed by atoms with Crippen molar-refractivity contribution in [1.29, 1.82) is 0 Å². The molecule has 1 atom stereocenters. The molecule has 1 aliphatic heterocycles. The van der Waals surface area contributed by atoms with Crippen LogP contribution >= 0.6 is 11.3 Å². The first-order chi connectivity index (χ1) is 16.1. The van der Waals surface area contributed by atoms with Crippen molar-refractivity contribution >= 4 is 33.9 Å². The van der Waals surface area contributed by atoms with E-state index in [9.17, 15) is 14.7 Å². The molecule has 33 heavy (non-hydrogen) atoms. The molecule has 1 amide bonds. The standard InChI is InChI=1S/C26H18N2O4S/c29-23(17-8-3-1-4-9-17)21-22(28(25(31)24(21)30)26-27-14-15-33-26)18-10-7-13-20(16-18)32-19-11-5-2-6-12-19/h1-16,22,29H/t22-/m0/s1. The van der Waals surface area contributed by atoms with Gasteiger partial charge < -0.3 is 9.84 Å². The third-order valence-corrected chi connectivity index (χ3v) is 6.04. The molecule has 5 rings (SSSR count). The number of rotatable bonds is 5. The first-order valence-corrected chi connectivity index (χ1v) is 11.1. The molecular weight excluding hydrogens is 436 g/mol. The lowest BCUT2D eigenvalue weighted by Gasteiger charge is -2.23. The lowest BCUT2D eigenvalue weighted by molar-refractivity contribution is -0.132. The van der Waals surface area contributed by atoms with Gasteiger partial charge in [-0.05, 0) is 29.8 Å². The zero-order chi connectivity index (χ0) is 22.8. The quantitative estimate of drug-likeness (QED) is 0.243. The van der Waals surface area contributed by atoms with E-state index in [1.54, 1.807) is 60.1 Å². The van der Waals surface area contributed by atoms with E-state index in [4.69, 9.17) is 4.74 Å². The van der Waals surface area contributed by atoms with Gasteiger partial charge in [-0.25, -0.2) is 4.98 Å². The van der Waals surface area contributed by atoms with Crippen molar-refractivity contribution in [3.05, 3.63) is 113 Å². The molecule has 3 aromatic carbocycles. The fourth-order valence-electron chi connectivity index (χ4n) is 3.80. The van der Waals surface area contributed by atoms with E-state index in [2.05, 4.69) is 4.98 Å². The number of thiazole rings is 1. The molecule has 1 saturated heterocycles. The Balaban J connectivity index is 1.65. The number of ketones is 1. The highest BCUT2D eigenvalue weighted by atomic mass is 32.1. The summed E-state index contributed by atoms with van der Waals surface area (Å²) < 4.78 is 5.96. The number of aromatic nitrogens is 1. The third kappa shape index (κ3) is 3.90. The summed E-state index contributed by atoms with van der Waals surface area (Å²) in [6, 6.07) is 24.3. The number of hydrogen-bond donors (Lipinski definition) is 1. The van der Waals surface area contributed by atoms with Gasteiger partial charge in [0.1, 0.15) is 17.3 Å². The van der Waals surface area contributed by atoms with Crippen LogP contribution in [0.5, 0.6) is 11.5 Å². The summed E-state index contributed by atoms with van der Waals surface area (Å²) >= 11 is 1.25. The van der Waals surface area contributed by atoms with Crippen LogP contribution in [0.25, 0.3) is 5.76 Å². The zero-order valence-electron chi connectivity index (χ0n) is 17.3. The van der Waals surface area contributed by atoms with Gasteiger partial charge >= 0.3 is 5.91 Å². The normalized spacial score (nSPS) is 17.3. The highest BCUT2D eigenvalue weighted by Gasteiger charge is 2.48. The number of hydrogen-bond acceptors (Lipinski definition) is 6. The van der Waals surface area contributed by atoms with Crippen molar-refractivity contribution in [2.24, 2.45) is 0 Å². The summed E-state index contributed by atoms with van der Waals surface area (Å²) in [5, 5.41) is 13.2. The molecule has 0 spiro atoms. The smallest absolute Gasteiger partial charge is 0.301 e. The van der Waals surface area contributed by atoms with Gasteiger partial charge in [0.25, 0.3) is 5.78 Å². The summed E-state index contributed by atoms with van der Waals surface area (Å²) in [6.45, 7) is 0. The molecule has 4 aromatic rings. The van der Waals surface area contributed by atoms with Crippen molar-refractivity contribution < 1.29 is 19.4 Å². The van der Waals surface area contributed by atoms with Gasteiger partial charge in [-0.15, -0.1) is 11.3 Å². The van der Waals surface area contributed by atoms with Gasteiger partial charge in [0.15, 0.2) is 5.13 Å². The Kier molecular flexibility index (Phi) is 5.46. The first-order valence-electron chi connectivity index (χ1n) is 10.2. The van der Waals surface area contributed by atoms with E-state index >= 15 is 0 Å². The van der Waals surface area contributed by atoms with Crippen LogP contribution in [0.1, 0.15) is 17.2 Å². The van der Waals surface area contributed by atoms with Crippen molar-refractivity contribution in [2.75, 3.05) is 4.90 Å². The predicted molar refractivity (Wildman–Crippen MR) is 126 cm³/mol. The molecule has 0 aliphatic carbocycles. The number of aliphatic hydroxyl groups excluding tert-OH is 1. The van der Waals surface area contributed by atoms with Crippen LogP contribution in [0.3, 0.4) is 0 Å². The maximum atomic E-state index is 13.1. The Morgan fingerprint density at radius 3 is 2.30 bits per heavy atom. The molecule has 1 fully saturated rings. The van der Waals surface area contributed by atoms with Gasteiger partial charge in [0, 0.05) is 17.1 Å². The molecule has 0 radical (unpaired) electrons. The Bertz CT molecular complexity index is 1340. The molecule has 1 aromatic heterocycles. The Morgan fingerprint density at radius 1 is 0.909 bits per heavy atom. The lowest BCUT2D eigenvalue weighted by atomic mass is 9.95. The van der Waals surface area contributed by atoms with Gasteiger partial charge in [-0.2, -0.15) is 0 Å². The van der Waals surface area contributed by atoms with Crippen LogP contribution in [0.15, 0.2) is 102 Å². The van der Waals surface area contributed by atoms with Crippen molar-refractivity contribution in [3.63, 3.8) is 0 Å². The van der Waals surface area contributed by atoms with Gasteiger partial charge in [-0.3, -0.25) is 14.5 Å². The molecular formula is C26H18N2O4S. The highest BCUT2D eigenvalue weighted by Crippen LogP contribution is 2.43. The number of Topliss-reactive ketones (excluding diaryl/α,β-unsaturated/α-hetero) is 1. The number of nitrogens with zero attached hydrogens (tertiary/aromatic N) is 2. The van der Waals surface area contributed by atoms with Crippen molar-refractivity contribution in [3.8, 4) is 11.5 Å². The molecule has 1 aliphatic rings. The molecule has 0 unspecified atom stereocenters. The van der Waals surface area contributed by atoms with Gasteiger partial charge in [-0.1, -0.05) is 60.7 Å². The molecule has 6 nitrogen and oxygen atoms in total. The minimum absolute atomic E-state index is 0.0123. The number of carbonyl (C=O) groups is 2. The van der Waals surface area contributed by atoms with E-state index in [0.29, 0.717) is 27.8 Å². The number of amides is 1. The molecule has 2 heterocycles. The van der Waals surface area contributed by atoms with Gasteiger partial charge in [0.2, 0.25) is 0 Å². The highest BCUT2D eigenvalue weighted by molar-refractivity contribution is 7.14. The second-order valence-corrected chi connectivity index (χ2v) is 8.21. The minimum atomic E-state index is -0.851. The number of para-hydroxylation sites is 1. The second kappa shape index (κ2) is 8.72. The lowest BCUT2D eigenvalue weighted by Crippen LogP contribution is -2.29. The number of anilines is 1. The topological polar surface area (TPSA) is 79.7 Å². The average Bonchev–Trinajstić information content (AvgIpc) is 3.47. The monoisotopic (exact) mass is 454 g/mol. The van der Waals surface area contributed by atoms with Crippen molar-refractivity contribution in [2.45, 2.75) is 6.04 Å². The van der Waals surface area contributed by atoms with E-state index < -0.39 is 17.7 Å². The van der Waals surface area contributed by atoms with Crippen LogP contribution in [0.2, 0.25) is 0 Å². The summed E-state index contributed by atoms with van der Waals surface area (Å²) in [5.74, 6) is -0.517. The Hall–Kier alpha value is -4.23. The van der Waals surface area contributed by atoms with Crippen LogP contribution < -0.4 is 9.64 Å². The zero-order valence-corrected chi connectivity index (χ0v) is 18.1. The number of aliphatic hydroxyl groups is 1. The van der Waals surface area contributed by atoms with Crippen LogP contribution in [0.4, 0.5) is 5.13 Å². The fraction of sp³-hybridized carbons (Fsp3) is 0.0385. The van der Waals surface area contributed by atoms with E-state index in [1.165, 1.54) is 16.2 Å². The predicted octanol–water partition coefficient (Wildman–Crippen LogP) is 5.56. The maximum absolute atomic E-state index is 13.1. The molecule has 1 N–H and O–H groups in total. The molecule has 7 heteroatoms. The SMILES string of the molecule is O=C1C(=O)N(c2nccs2)[C@@H](c2cccc(Oc3ccccc3)c2)C1=C(O)c1ccccc1. The maximum Gasteiger partial charge on any atom is 0.301 e. The number of carbonyl (C=O) groups excluding carboxylic acids is 2. The summed E-state index contributed by atoms with van der Waals surface area (Å²) in [7, 11) is 0. The van der Waals surface area contributed by atoms with Crippen LogP contribution in [0, 0.1) is 0 Å². The second-order valence-electron chi connectivity index (χ2n) is 7.34. The minimum Gasteiger partial charge on any atom is -0.507 e. The Morgan fingerprint density at radius 2 is 1.61 bits per heavy atom. The summed E-state index contributed by atoms with van der Waals surface area (Å²) in [5.41, 5.74) is 1.09. The number of ether oxygens (including phenoxy) is 1. The van der Waals surface area contributed by atoms with Crippen LogP contribution in [-0.2, 0) is 9.59 Å². The summed E-state index contributed by atoms with van der Waals surface area (Å²) in [6.07, 6.45) is 1.57. The number of benzene rings is 3. The van der Waals surface area contributed by atoms with Crippen molar-refractivity contribution in [1.82, 2.24) is 4.98 Å². The Labute approximate surface area is 194 Å². The molecule has 0 saturated carbocycles. The molecule has 0 bridgehead atoms. The van der Waals surface area contributed by atoms with Gasteiger partial charge in [0.05, 0.1) is 11.6 Å². The fourth-order valence-corrected chi connectivity index (χ4v) is 4.47. The largest absolute Gasteiger partial charge is 0.507 e. The third-order valence-electron chi connectivity index (χ3n) is 5.27. The summed E-state index contributed by atoms with van der Waals surface area (Å²) in [4.78, 5) is 31.8. The van der Waals surface area contributed by atoms with E-state index in [-0.39, 0.29) is 11.3 Å². The molecule has 162 valence electrons. The average molecular weight is 455 g/mol.